The molecule has 154 valence electrons. The molecule has 3 aromatic rings. The molecule has 29 heavy (non-hydrogen) atoms. The number of fused-ring (bicyclic) bond motifs is 1. The molecule has 0 unspecified atom stereocenters. The molecule has 0 saturated heterocycles. The highest BCUT2D eigenvalue weighted by atomic mass is 16.3. The molecule has 8 nitrogen and oxygen atoms in total. The summed E-state index contributed by atoms with van der Waals surface area (Å²) in [5.74, 6) is -0.0277. The summed E-state index contributed by atoms with van der Waals surface area (Å²) in [5.41, 5.74) is 3.43. The molecule has 2 heterocycles. The van der Waals surface area contributed by atoms with Crippen molar-refractivity contribution in [2.24, 2.45) is 0 Å². The lowest BCUT2D eigenvalue weighted by atomic mass is 10.1. The van der Waals surface area contributed by atoms with Gasteiger partial charge in [-0.3, -0.25) is 9.59 Å². The molecule has 1 aromatic carbocycles. The number of imidazole rings is 1. The third kappa shape index (κ3) is 6.39. The average Bonchev–Trinajstić information content (AvgIpc) is 3.13. The molecule has 0 fully saturated rings. The van der Waals surface area contributed by atoms with Crippen molar-refractivity contribution in [1.82, 2.24) is 24.3 Å². The molecule has 3 rings (SSSR count). The molecule has 0 radical (unpaired) electrons. The van der Waals surface area contributed by atoms with Crippen LogP contribution in [0.15, 0.2) is 48.9 Å². The fourth-order valence-electron chi connectivity index (χ4n) is 2.80. The Morgan fingerprint density at radius 3 is 2.48 bits per heavy atom. The number of carboxylic acid groups (broad SMARTS) is 1. The predicted molar refractivity (Wildman–Crippen MR) is 112 cm³/mol. The largest absolute Gasteiger partial charge is 0.483 e. The minimum Gasteiger partial charge on any atom is -0.483 e. The number of hydrogen-bond acceptors (Lipinski definition) is 5. The minimum absolute atomic E-state index is 0.0277. The number of likely N-dealkylation sites (N-methyl/N-ethyl adjacent to an activating group) is 2. The van der Waals surface area contributed by atoms with E-state index in [2.05, 4.69) is 27.0 Å². The van der Waals surface area contributed by atoms with Crippen LogP contribution in [0.2, 0.25) is 0 Å². The molecule has 0 saturated carbocycles. The predicted octanol–water partition coefficient (Wildman–Crippen LogP) is 2.01. The second kappa shape index (κ2) is 10.9. The number of pyridine rings is 1. The van der Waals surface area contributed by atoms with Gasteiger partial charge >= 0.3 is 0 Å². The number of amides is 1. The van der Waals surface area contributed by atoms with Crippen LogP contribution in [0.5, 0.6) is 0 Å². The quantitative estimate of drug-likeness (QED) is 0.613. The Morgan fingerprint density at radius 1 is 1.14 bits per heavy atom. The Hall–Kier alpha value is -3.26. The molecular formula is C21H27N5O3. The van der Waals surface area contributed by atoms with E-state index < -0.39 is 0 Å². The summed E-state index contributed by atoms with van der Waals surface area (Å²) in [6, 6.07) is 12.2. The molecule has 0 bridgehead atoms. The highest BCUT2D eigenvalue weighted by Crippen LogP contribution is 2.14. The zero-order valence-electron chi connectivity index (χ0n) is 17.0. The van der Waals surface area contributed by atoms with Crippen LogP contribution in [0.4, 0.5) is 0 Å². The van der Waals surface area contributed by atoms with Crippen molar-refractivity contribution >= 4 is 23.5 Å². The molecule has 0 aliphatic rings. The van der Waals surface area contributed by atoms with Crippen molar-refractivity contribution < 1.29 is 14.7 Å². The first-order valence-electron chi connectivity index (χ1n) is 9.29. The van der Waals surface area contributed by atoms with Crippen LogP contribution in [0.25, 0.3) is 11.2 Å². The van der Waals surface area contributed by atoms with Crippen LogP contribution in [0.3, 0.4) is 0 Å². The SMILES string of the molecule is CN(C)CCN(C)C(=O)c1cnc2c(c1)ncn2CCc1ccccc1.O=CO. The van der Waals surface area contributed by atoms with Crippen molar-refractivity contribution in [2.45, 2.75) is 13.0 Å². The number of carbonyl (C=O) groups is 2. The smallest absolute Gasteiger partial charge is 0.290 e. The van der Waals surface area contributed by atoms with E-state index in [1.54, 1.807) is 17.4 Å². The lowest BCUT2D eigenvalue weighted by Crippen LogP contribution is -2.33. The highest BCUT2D eigenvalue weighted by molar-refractivity contribution is 5.96. The summed E-state index contributed by atoms with van der Waals surface area (Å²) >= 11 is 0. The van der Waals surface area contributed by atoms with Crippen LogP contribution in [-0.2, 0) is 17.8 Å². The molecule has 1 amide bonds. The zero-order valence-corrected chi connectivity index (χ0v) is 17.0. The first-order chi connectivity index (χ1) is 14.0. The van der Waals surface area contributed by atoms with Gasteiger partial charge in [-0.15, -0.1) is 0 Å². The molecule has 0 spiro atoms. The topological polar surface area (TPSA) is 91.6 Å². The Kier molecular flexibility index (Phi) is 8.29. The molecule has 0 aliphatic carbocycles. The summed E-state index contributed by atoms with van der Waals surface area (Å²) in [4.78, 5) is 33.6. The van der Waals surface area contributed by atoms with Crippen LogP contribution in [0, 0.1) is 0 Å². The van der Waals surface area contributed by atoms with Crippen molar-refractivity contribution in [1.29, 1.82) is 0 Å². The molecule has 0 atom stereocenters. The summed E-state index contributed by atoms with van der Waals surface area (Å²) < 4.78 is 2.03. The Labute approximate surface area is 170 Å². The van der Waals surface area contributed by atoms with Gasteiger partial charge in [0.25, 0.3) is 12.4 Å². The lowest BCUT2D eigenvalue weighted by Gasteiger charge is -2.19. The maximum atomic E-state index is 12.6. The van der Waals surface area contributed by atoms with E-state index in [1.165, 1.54) is 5.56 Å². The van der Waals surface area contributed by atoms with E-state index in [1.807, 2.05) is 50.0 Å². The highest BCUT2D eigenvalue weighted by Gasteiger charge is 2.14. The number of aryl methyl sites for hydroxylation is 2. The Balaban J connectivity index is 0.000000941. The van der Waals surface area contributed by atoms with Crippen LogP contribution in [-0.4, -0.2) is 76.1 Å². The third-order valence-electron chi connectivity index (χ3n) is 4.42. The van der Waals surface area contributed by atoms with Gasteiger partial charge in [-0.2, -0.15) is 0 Å². The monoisotopic (exact) mass is 397 g/mol. The Bertz CT molecular complexity index is 924. The number of aromatic nitrogens is 3. The van der Waals surface area contributed by atoms with Crippen LogP contribution >= 0.6 is 0 Å². The van der Waals surface area contributed by atoms with Gasteiger partial charge in [0, 0.05) is 32.9 Å². The maximum Gasteiger partial charge on any atom is 0.290 e. The molecule has 8 heteroatoms. The summed E-state index contributed by atoms with van der Waals surface area (Å²) in [6.07, 6.45) is 4.37. The first kappa shape index (κ1) is 22.0. The summed E-state index contributed by atoms with van der Waals surface area (Å²) in [6.45, 7) is 2.06. The third-order valence-corrected chi connectivity index (χ3v) is 4.42. The molecule has 2 aromatic heterocycles. The van der Waals surface area contributed by atoms with Crippen molar-refractivity contribution in [3.8, 4) is 0 Å². The maximum absolute atomic E-state index is 12.6. The standard InChI is InChI=1S/C20H25N5O.CH2O2/c1-23(2)11-12-24(3)20(26)17-13-18-19(21-14-17)25(15-22-18)10-9-16-7-5-4-6-8-16;2-1-3/h4-8,13-15H,9-12H2,1-3H3;1H,(H,2,3). The van der Waals surface area contributed by atoms with Gasteiger partial charge in [0.2, 0.25) is 0 Å². The first-order valence-corrected chi connectivity index (χ1v) is 9.29. The number of nitrogens with zero attached hydrogens (tertiary/aromatic N) is 5. The van der Waals surface area contributed by atoms with Gasteiger partial charge in [0.05, 0.1) is 11.9 Å². The number of hydrogen-bond donors (Lipinski definition) is 1. The van der Waals surface area contributed by atoms with Crippen LogP contribution < -0.4 is 0 Å². The van der Waals surface area contributed by atoms with Crippen LogP contribution in [0.1, 0.15) is 15.9 Å². The van der Waals surface area contributed by atoms with Gasteiger partial charge in [-0.1, -0.05) is 30.3 Å². The van der Waals surface area contributed by atoms with Crippen molar-refractivity contribution in [3.63, 3.8) is 0 Å². The minimum atomic E-state index is -0.250. The Morgan fingerprint density at radius 2 is 1.83 bits per heavy atom. The molecular weight excluding hydrogens is 370 g/mol. The number of carbonyl (C=O) groups excluding carboxylic acids is 1. The van der Waals surface area contributed by atoms with E-state index in [0.717, 1.165) is 30.7 Å². The fourth-order valence-corrected chi connectivity index (χ4v) is 2.80. The zero-order chi connectivity index (χ0) is 21.2. The summed E-state index contributed by atoms with van der Waals surface area (Å²) in [5, 5.41) is 6.89. The van der Waals surface area contributed by atoms with Crippen molar-refractivity contribution in [3.05, 3.63) is 60.0 Å². The van der Waals surface area contributed by atoms with E-state index in [-0.39, 0.29) is 12.4 Å². The van der Waals surface area contributed by atoms with Gasteiger partial charge in [-0.25, -0.2) is 9.97 Å². The van der Waals surface area contributed by atoms with E-state index >= 15 is 0 Å². The van der Waals surface area contributed by atoms with Gasteiger partial charge < -0.3 is 19.5 Å². The molecule has 0 aliphatic heterocycles. The van der Waals surface area contributed by atoms with E-state index in [0.29, 0.717) is 12.1 Å². The second-order valence-corrected chi connectivity index (χ2v) is 6.88. The van der Waals surface area contributed by atoms with E-state index in [9.17, 15) is 4.79 Å². The fraction of sp³-hybridized carbons (Fsp3) is 0.333. The second-order valence-electron chi connectivity index (χ2n) is 6.88. The average molecular weight is 397 g/mol. The normalized spacial score (nSPS) is 10.5. The lowest BCUT2D eigenvalue weighted by molar-refractivity contribution is -0.122. The van der Waals surface area contributed by atoms with Gasteiger partial charge in [0.15, 0.2) is 5.65 Å². The van der Waals surface area contributed by atoms with Crippen molar-refractivity contribution in [2.75, 3.05) is 34.2 Å². The summed E-state index contributed by atoms with van der Waals surface area (Å²) in [7, 11) is 5.80. The van der Waals surface area contributed by atoms with Gasteiger partial charge in [-0.05, 0) is 32.1 Å². The number of rotatable bonds is 7. The number of benzene rings is 1. The van der Waals surface area contributed by atoms with Gasteiger partial charge in [0.1, 0.15) is 5.52 Å². The van der Waals surface area contributed by atoms with E-state index in [4.69, 9.17) is 9.90 Å². The molecule has 1 N–H and O–H groups in total.